The first-order valence-corrected chi connectivity index (χ1v) is 5.62. The highest BCUT2D eigenvalue weighted by molar-refractivity contribution is 5.47. The van der Waals surface area contributed by atoms with Gasteiger partial charge in [-0.15, -0.1) is 0 Å². The van der Waals surface area contributed by atoms with Gasteiger partial charge in [-0.2, -0.15) is 0 Å². The Hall–Kier alpha value is -2.17. The van der Waals surface area contributed by atoms with Crippen molar-refractivity contribution in [1.82, 2.24) is 0 Å². The normalized spacial score (nSPS) is 10.3. The van der Waals surface area contributed by atoms with Gasteiger partial charge in [0.25, 0.3) is 0 Å². The third-order valence-electron chi connectivity index (χ3n) is 2.68. The molecule has 0 saturated carbocycles. The van der Waals surface area contributed by atoms with Crippen LogP contribution in [-0.2, 0) is 6.54 Å². The molecule has 0 heterocycles. The van der Waals surface area contributed by atoms with Crippen LogP contribution in [0.4, 0.5) is 18.9 Å². The van der Waals surface area contributed by atoms with E-state index in [4.69, 9.17) is 4.74 Å². The number of para-hydroxylation sites is 1. The van der Waals surface area contributed by atoms with Gasteiger partial charge in [-0.3, -0.25) is 0 Å². The molecule has 0 aliphatic rings. The minimum atomic E-state index is -0.719. The number of rotatable bonds is 4. The predicted molar refractivity (Wildman–Crippen MR) is 66.6 cm³/mol. The molecule has 2 aromatic carbocycles. The maximum absolute atomic E-state index is 13.8. The summed E-state index contributed by atoms with van der Waals surface area (Å²) < 4.78 is 45.4. The fraction of sp³-hybridized carbons (Fsp3) is 0.143. The summed E-state index contributed by atoms with van der Waals surface area (Å²) in [6.45, 7) is -0.0408. The van der Waals surface area contributed by atoms with E-state index in [0.29, 0.717) is 0 Å². The molecule has 0 saturated heterocycles. The molecule has 19 heavy (non-hydrogen) atoms. The van der Waals surface area contributed by atoms with Crippen molar-refractivity contribution in [1.29, 1.82) is 0 Å². The highest BCUT2D eigenvalue weighted by Crippen LogP contribution is 2.23. The van der Waals surface area contributed by atoms with Crippen LogP contribution in [0.1, 0.15) is 5.56 Å². The van der Waals surface area contributed by atoms with E-state index in [0.717, 1.165) is 12.1 Å². The van der Waals surface area contributed by atoms with Crippen molar-refractivity contribution in [3.63, 3.8) is 0 Å². The van der Waals surface area contributed by atoms with Crippen LogP contribution in [0.2, 0.25) is 0 Å². The van der Waals surface area contributed by atoms with Gasteiger partial charge in [-0.25, -0.2) is 13.2 Å². The molecular formula is C14H12F3NO. The molecule has 0 bridgehead atoms. The Kier molecular flexibility index (Phi) is 3.94. The molecule has 0 aliphatic heterocycles. The molecule has 2 nitrogen and oxygen atoms in total. The highest BCUT2D eigenvalue weighted by Gasteiger charge is 2.11. The summed E-state index contributed by atoms with van der Waals surface area (Å²) >= 11 is 0. The highest BCUT2D eigenvalue weighted by atomic mass is 19.1. The van der Waals surface area contributed by atoms with Crippen molar-refractivity contribution >= 4 is 5.69 Å². The number of hydrogen-bond acceptors (Lipinski definition) is 2. The molecule has 0 unspecified atom stereocenters. The van der Waals surface area contributed by atoms with E-state index in [1.165, 1.54) is 25.3 Å². The van der Waals surface area contributed by atoms with Crippen LogP contribution in [0.15, 0.2) is 36.4 Å². The maximum Gasteiger partial charge on any atom is 0.170 e. The zero-order chi connectivity index (χ0) is 13.8. The molecule has 5 heteroatoms. The second-order valence-electron chi connectivity index (χ2n) is 3.88. The van der Waals surface area contributed by atoms with Gasteiger partial charge < -0.3 is 10.1 Å². The Morgan fingerprint density at radius 3 is 2.26 bits per heavy atom. The van der Waals surface area contributed by atoms with Gasteiger partial charge in [-0.05, 0) is 18.2 Å². The third kappa shape index (κ3) is 2.81. The van der Waals surface area contributed by atoms with Crippen molar-refractivity contribution in [3.8, 4) is 5.75 Å². The molecule has 2 aromatic rings. The van der Waals surface area contributed by atoms with E-state index in [2.05, 4.69) is 5.32 Å². The van der Waals surface area contributed by atoms with E-state index in [1.54, 1.807) is 6.07 Å². The molecule has 0 aromatic heterocycles. The van der Waals surface area contributed by atoms with E-state index in [1.807, 2.05) is 0 Å². The van der Waals surface area contributed by atoms with Crippen molar-refractivity contribution in [2.24, 2.45) is 0 Å². The Morgan fingerprint density at radius 1 is 1.00 bits per heavy atom. The summed E-state index contributed by atoms with van der Waals surface area (Å²) in [5, 5.41) is 2.54. The van der Waals surface area contributed by atoms with Crippen LogP contribution in [-0.4, -0.2) is 7.11 Å². The average Bonchev–Trinajstić information content (AvgIpc) is 2.40. The number of anilines is 1. The van der Waals surface area contributed by atoms with Crippen molar-refractivity contribution in [2.45, 2.75) is 6.54 Å². The lowest BCUT2D eigenvalue weighted by atomic mass is 10.2. The summed E-state index contributed by atoms with van der Waals surface area (Å²) in [5.41, 5.74) is -0.00766. The Morgan fingerprint density at radius 2 is 1.63 bits per heavy atom. The quantitative estimate of drug-likeness (QED) is 0.911. The number of ether oxygens (including phenoxy) is 1. The molecule has 0 spiro atoms. The van der Waals surface area contributed by atoms with Gasteiger partial charge >= 0.3 is 0 Å². The molecular weight excluding hydrogens is 255 g/mol. The van der Waals surface area contributed by atoms with Crippen LogP contribution < -0.4 is 10.1 Å². The SMILES string of the molecule is COc1cccc(CNc2c(F)cccc2F)c1F. The predicted octanol–water partition coefficient (Wildman–Crippen LogP) is 3.72. The summed E-state index contributed by atoms with van der Waals surface area (Å²) in [7, 11) is 1.35. The maximum atomic E-state index is 13.8. The molecule has 0 fully saturated rings. The largest absolute Gasteiger partial charge is 0.494 e. The van der Waals surface area contributed by atoms with E-state index in [9.17, 15) is 13.2 Å². The van der Waals surface area contributed by atoms with Gasteiger partial charge in [0, 0.05) is 12.1 Å². The number of hydrogen-bond donors (Lipinski definition) is 1. The zero-order valence-electron chi connectivity index (χ0n) is 10.2. The van der Waals surface area contributed by atoms with Crippen molar-refractivity contribution < 1.29 is 17.9 Å². The van der Waals surface area contributed by atoms with Crippen LogP contribution in [0.3, 0.4) is 0 Å². The Labute approximate surface area is 108 Å². The van der Waals surface area contributed by atoms with Gasteiger partial charge in [0.1, 0.15) is 17.3 Å². The standard InChI is InChI=1S/C14H12F3NO/c1-19-12-7-2-4-9(13(12)17)8-18-14-10(15)5-3-6-11(14)16/h2-7,18H,8H2,1H3. The Balaban J connectivity index is 2.19. The van der Waals surface area contributed by atoms with E-state index < -0.39 is 17.5 Å². The number of nitrogens with one attached hydrogen (secondary N) is 1. The Bertz CT molecular complexity index is 567. The zero-order valence-corrected chi connectivity index (χ0v) is 10.2. The van der Waals surface area contributed by atoms with Crippen LogP contribution in [0.5, 0.6) is 5.75 Å². The van der Waals surface area contributed by atoms with Gasteiger partial charge in [0.05, 0.1) is 7.11 Å². The first kappa shape index (κ1) is 13.3. The summed E-state index contributed by atoms with van der Waals surface area (Å²) in [6.07, 6.45) is 0. The smallest absolute Gasteiger partial charge is 0.170 e. The van der Waals surface area contributed by atoms with Gasteiger partial charge in [0.2, 0.25) is 0 Å². The number of benzene rings is 2. The molecule has 0 atom stereocenters. The monoisotopic (exact) mass is 267 g/mol. The minimum absolute atomic E-state index is 0.0408. The topological polar surface area (TPSA) is 21.3 Å². The first-order valence-electron chi connectivity index (χ1n) is 5.62. The van der Waals surface area contributed by atoms with E-state index in [-0.39, 0.29) is 23.5 Å². The first-order chi connectivity index (χ1) is 9.13. The molecule has 100 valence electrons. The molecule has 1 N–H and O–H groups in total. The second-order valence-corrected chi connectivity index (χ2v) is 3.88. The van der Waals surface area contributed by atoms with Crippen molar-refractivity contribution in [3.05, 3.63) is 59.4 Å². The van der Waals surface area contributed by atoms with Gasteiger partial charge in [-0.1, -0.05) is 18.2 Å². The lowest BCUT2D eigenvalue weighted by Crippen LogP contribution is -2.06. The molecule has 0 amide bonds. The van der Waals surface area contributed by atoms with Gasteiger partial charge in [0.15, 0.2) is 11.6 Å². The lowest BCUT2D eigenvalue weighted by molar-refractivity contribution is 0.384. The minimum Gasteiger partial charge on any atom is -0.494 e. The molecule has 2 rings (SSSR count). The summed E-state index contributed by atoms with van der Waals surface area (Å²) in [6, 6.07) is 8.13. The van der Waals surface area contributed by atoms with Crippen LogP contribution >= 0.6 is 0 Å². The molecule has 0 aliphatic carbocycles. The number of halogens is 3. The van der Waals surface area contributed by atoms with Crippen LogP contribution in [0, 0.1) is 17.5 Å². The lowest BCUT2D eigenvalue weighted by Gasteiger charge is -2.11. The molecule has 0 radical (unpaired) electrons. The second kappa shape index (κ2) is 5.65. The van der Waals surface area contributed by atoms with Crippen LogP contribution in [0.25, 0.3) is 0 Å². The summed E-state index contributed by atoms with van der Waals surface area (Å²) in [5.74, 6) is -1.89. The van der Waals surface area contributed by atoms with Crippen molar-refractivity contribution in [2.75, 3.05) is 12.4 Å². The third-order valence-corrected chi connectivity index (χ3v) is 2.68. The van der Waals surface area contributed by atoms with E-state index >= 15 is 0 Å². The fourth-order valence-corrected chi connectivity index (χ4v) is 1.70. The summed E-state index contributed by atoms with van der Waals surface area (Å²) in [4.78, 5) is 0. The number of methoxy groups -OCH3 is 1. The average molecular weight is 267 g/mol. The fourth-order valence-electron chi connectivity index (χ4n) is 1.70.